The van der Waals surface area contributed by atoms with Crippen molar-refractivity contribution in [1.29, 1.82) is 0 Å². The molecule has 5 N–H and O–H groups in total. The lowest BCUT2D eigenvalue weighted by molar-refractivity contribution is 0.0939. The van der Waals surface area contributed by atoms with Crippen LogP contribution in [0.4, 0.5) is 5.69 Å². The zero-order chi connectivity index (χ0) is 25.9. The molecule has 8 nitrogen and oxygen atoms in total. The van der Waals surface area contributed by atoms with Gasteiger partial charge in [-0.15, -0.1) is 0 Å². The summed E-state index contributed by atoms with van der Waals surface area (Å²) in [6, 6.07) is 10.8. The van der Waals surface area contributed by atoms with E-state index in [9.17, 15) is 4.79 Å². The van der Waals surface area contributed by atoms with Gasteiger partial charge in [0.05, 0.1) is 18.8 Å². The molecule has 1 aliphatic heterocycles. The second-order valence-corrected chi connectivity index (χ2v) is 9.20. The van der Waals surface area contributed by atoms with Crippen molar-refractivity contribution >= 4 is 11.6 Å². The first-order valence-electron chi connectivity index (χ1n) is 12.6. The first-order chi connectivity index (χ1) is 17.4. The predicted molar refractivity (Wildman–Crippen MR) is 144 cm³/mol. The topological polar surface area (TPSA) is 114 Å². The summed E-state index contributed by atoms with van der Waals surface area (Å²) < 4.78 is 7.36. The van der Waals surface area contributed by atoms with E-state index in [1.165, 1.54) is 38.8 Å². The molecule has 1 amide bonds. The van der Waals surface area contributed by atoms with Gasteiger partial charge in [0, 0.05) is 30.1 Å². The van der Waals surface area contributed by atoms with Crippen LogP contribution in [0.15, 0.2) is 48.8 Å². The van der Waals surface area contributed by atoms with Crippen LogP contribution in [-0.2, 0) is 7.05 Å². The van der Waals surface area contributed by atoms with Gasteiger partial charge in [0.25, 0.3) is 5.91 Å². The number of carbonyl (C=O) groups excluding carboxylic acids is 1. The van der Waals surface area contributed by atoms with Gasteiger partial charge in [-0.1, -0.05) is 18.9 Å². The Morgan fingerprint density at radius 3 is 2.58 bits per heavy atom. The zero-order valence-corrected chi connectivity index (χ0v) is 21.6. The van der Waals surface area contributed by atoms with E-state index >= 15 is 0 Å². The first kappa shape index (κ1) is 27.2. The van der Waals surface area contributed by atoms with Crippen LogP contribution in [0.5, 0.6) is 5.75 Å². The van der Waals surface area contributed by atoms with Gasteiger partial charge >= 0.3 is 0 Å². The maximum absolute atomic E-state index is 12.8. The molecule has 1 unspecified atom stereocenters. The van der Waals surface area contributed by atoms with Crippen molar-refractivity contribution in [2.24, 2.45) is 7.05 Å². The number of anilines is 1. The molecule has 0 bridgehead atoms. The fraction of sp³-hybridized carbons (Fsp3) is 0.429. The fourth-order valence-corrected chi connectivity index (χ4v) is 4.08. The molecular formula is C28H39N5O3. The third-order valence-corrected chi connectivity index (χ3v) is 6.14. The Bertz CT molecular complexity index is 1110. The number of aryl methyl sites for hydroxylation is 2. The number of carbonyl (C=O) groups is 1. The van der Waals surface area contributed by atoms with Crippen LogP contribution in [0.3, 0.4) is 0 Å². The molecule has 0 aliphatic carbocycles. The number of nitrogens with one attached hydrogen (secondary N) is 2. The van der Waals surface area contributed by atoms with Crippen LogP contribution in [0.25, 0.3) is 11.1 Å². The van der Waals surface area contributed by atoms with Crippen molar-refractivity contribution in [2.45, 2.75) is 45.6 Å². The van der Waals surface area contributed by atoms with Crippen molar-refractivity contribution in [3.8, 4) is 16.9 Å². The van der Waals surface area contributed by atoms with Gasteiger partial charge < -0.3 is 26.2 Å². The molecule has 1 aromatic heterocycles. The maximum Gasteiger partial charge on any atom is 0.252 e. The molecule has 8 heteroatoms. The number of aliphatic hydroxyl groups is 1. The summed E-state index contributed by atoms with van der Waals surface area (Å²) in [6.07, 6.45) is 9.34. The minimum atomic E-state index is -0.267. The number of aromatic nitrogens is 2. The number of nitrogens with two attached hydrogens (primary N) is 1. The lowest BCUT2D eigenvalue weighted by atomic mass is 10.0. The number of ether oxygens (including phenoxy) is 1. The van der Waals surface area contributed by atoms with E-state index in [0.29, 0.717) is 17.0 Å². The average molecular weight is 494 g/mol. The molecule has 1 atom stereocenters. The van der Waals surface area contributed by atoms with E-state index in [-0.39, 0.29) is 25.2 Å². The van der Waals surface area contributed by atoms with E-state index in [1.54, 1.807) is 23.0 Å². The molecule has 0 spiro atoms. The number of amides is 1. The number of aliphatic hydroxyl groups excluding tert-OH is 1. The molecule has 36 heavy (non-hydrogen) atoms. The highest BCUT2D eigenvalue weighted by molar-refractivity contribution is 5.96. The van der Waals surface area contributed by atoms with Crippen molar-refractivity contribution in [3.05, 3.63) is 65.5 Å². The van der Waals surface area contributed by atoms with E-state index in [2.05, 4.69) is 15.7 Å². The Balaban J connectivity index is 0.000000444. The summed E-state index contributed by atoms with van der Waals surface area (Å²) in [6.45, 7) is 6.41. The van der Waals surface area contributed by atoms with Gasteiger partial charge in [0.1, 0.15) is 12.4 Å². The Morgan fingerprint density at radius 2 is 1.92 bits per heavy atom. The average Bonchev–Trinajstić information content (AvgIpc) is 3.10. The van der Waals surface area contributed by atoms with Gasteiger partial charge in [0.15, 0.2) is 0 Å². The molecule has 0 saturated carbocycles. The monoisotopic (exact) mass is 493 g/mol. The van der Waals surface area contributed by atoms with Crippen molar-refractivity contribution in [3.63, 3.8) is 0 Å². The maximum atomic E-state index is 12.8. The highest BCUT2D eigenvalue weighted by Crippen LogP contribution is 2.29. The summed E-state index contributed by atoms with van der Waals surface area (Å²) in [4.78, 5) is 12.8. The Hall–Kier alpha value is -3.36. The van der Waals surface area contributed by atoms with Crippen LogP contribution in [0, 0.1) is 6.92 Å². The van der Waals surface area contributed by atoms with Gasteiger partial charge in [-0.2, -0.15) is 5.10 Å². The molecule has 1 fully saturated rings. The SMILES string of the molecule is C1CCCNCC1.Cc1ccc(N)cc1C(=O)NC(C)c1cc(OCCO)cc(-c2cnn(C)c2)c1. The smallest absolute Gasteiger partial charge is 0.252 e. The summed E-state index contributed by atoms with van der Waals surface area (Å²) >= 11 is 0. The minimum Gasteiger partial charge on any atom is -0.491 e. The zero-order valence-electron chi connectivity index (χ0n) is 21.6. The molecule has 4 rings (SSSR count). The first-order valence-corrected chi connectivity index (χ1v) is 12.6. The van der Waals surface area contributed by atoms with E-state index in [1.807, 2.05) is 51.4 Å². The number of hydrogen-bond donors (Lipinski definition) is 4. The van der Waals surface area contributed by atoms with E-state index in [4.69, 9.17) is 15.6 Å². The molecule has 1 saturated heterocycles. The van der Waals surface area contributed by atoms with Crippen molar-refractivity contribution in [2.75, 3.05) is 32.0 Å². The van der Waals surface area contributed by atoms with Crippen molar-refractivity contribution < 1.29 is 14.6 Å². The quantitative estimate of drug-likeness (QED) is 0.370. The van der Waals surface area contributed by atoms with Gasteiger partial charge in [-0.05, 0) is 86.8 Å². The van der Waals surface area contributed by atoms with E-state index in [0.717, 1.165) is 22.3 Å². The van der Waals surface area contributed by atoms with E-state index < -0.39 is 0 Å². The third-order valence-electron chi connectivity index (χ3n) is 6.14. The number of rotatable bonds is 7. The second-order valence-electron chi connectivity index (χ2n) is 9.20. The number of benzene rings is 2. The van der Waals surface area contributed by atoms with Crippen LogP contribution in [0.1, 0.15) is 60.1 Å². The highest BCUT2D eigenvalue weighted by atomic mass is 16.5. The Morgan fingerprint density at radius 1 is 1.17 bits per heavy atom. The van der Waals surface area contributed by atoms with Gasteiger partial charge in [-0.25, -0.2) is 0 Å². The number of nitrogen functional groups attached to an aromatic ring is 1. The summed E-state index contributed by atoms with van der Waals surface area (Å²) in [5, 5.41) is 19.7. The Labute approximate surface area is 213 Å². The molecule has 2 aromatic carbocycles. The van der Waals surface area contributed by atoms with Crippen LogP contribution >= 0.6 is 0 Å². The molecular weight excluding hydrogens is 454 g/mol. The van der Waals surface area contributed by atoms with Crippen LogP contribution in [0.2, 0.25) is 0 Å². The summed E-state index contributed by atoms with van der Waals surface area (Å²) in [5.74, 6) is 0.434. The number of nitrogens with zero attached hydrogens (tertiary/aromatic N) is 2. The number of hydrogen-bond acceptors (Lipinski definition) is 6. The second kappa shape index (κ2) is 13.7. The normalized spacial score (nSPS) is 14.2. The molecule has 0 radical (unpaired) electrons. The molecule has 3 aromatic rings. The highest BCUT2D eigenvalue weighted by Gasteiger charge is 2.16. The lowest BCUT2D eigenvalue weighted by Gasteiger charge is -2.18. The third kappa shape index (κ3) is 8.10. The summed E-state index contributed by atoms with van der Waals surface area (Å²) in [7, 11) is 1.85. The predicted octanol–water partition coefficient (Wildman–Crippen LogP) is 3.99. The Kier molecular flexibility index (Phi) is 10.3. The van der Waals surface area contributed by atoms with Gasteiger partial charge in [-0.3, -0.25) is 9.48 Å². The van der Waals surface area contributed by atoms with Crippen molar-refractivity contribution in [1.82, 2.24) is 20.4 Å². The van der Waals surface area contributed by atoms with Gasteiger partial charge in [0.2, 0.25) is 0 Å². The lowest BCUT2D eigenvalue weighted by Crippen LogP contribution is -2.27. The minimum absolute atomic E-state index is 0.0759. The molecule has 2 heterocycles. The van der Waals surface area contributed by atoms with Crippen LogP contribution in [-0.4, -0.2) is 47.1 Å². The molecule has 194 valence electrons. The fourth-order valence-electron chi connectivity index (χ4n) is 4.08. The largest absolute Gasteiger partial charge is 0.491 e. The molecule has 1 aliphatic rings. The standard InChI is InChI=1S/C22H26N4O3.C6H13N/c1-14-4-5-19(23)11-21(14)22(28)25-15(2)16-8-17(18-12-24-26(3)13-18)10-20(9-16)29-7-6-27;1-2-4-6-7-5-3-1/h4-5,8-13,15,27H,6-7,23H2,1-3H3,(H,25,28);7H,1-6H2. The summed E-state index contributed by atoms with van der Waals surface area (Å²) in [5.41, 5.74) is 10.5. The van der Waals surface area contributed by atoms with Crippen LogP contribution < -0.4 is 21.1 Å².